The summed E-state index contributed by atoms with van der Waals surface area (Å²) >= 11 is 3.43. The SMILES string of the molecule is CCCCC(CC)COCC(O)CNc1cccc(Br)c1. The van der Waals surface area contributed by atoms with E-state index >= 15 is 0 Å². The van der Waals surface area contributed by atoms with Gasteiger partial charge in [-0.15, -0.1) is 0 Å². The summed E-state index contributed by atoms with van der Waals surface area (Å²) in [4.78, 5) is 0. The maximum atomic E-state index is 9.94. The number of anilines is 1. The molecule has 0 saturated heterocycles. The zero-order valence-corrected chi connectivity index (χ0v) is 14.7. The van der Waals surface area contributed by atoms with E-state index in [1.807, 2.05) is 24.3 Å². The van der Waals surface area contributed by atoms with E-state index in [1.165, 1.54) is 19.3 Å². The van der Waals surface area contributed by atoms with Gasteiger partial charge in [0.05, 0.1) is 12.7 Å². The molecule has 0 saturated carbocycles. The molecule has 0 spiro atoms. The number of aliphatic hydroxyl groups is 1. The number of rotatable bonds is 11. The predicted octanol–water partition coefficient (Wildman–Crippen LogP) is 4.45. The van der Waals surface area contributed by atoms with Gasteiger partial charge < -0.3 is 15.2 Å². The maximum absolute atomic E-state index is 9.94. The summed E-state index contributed by atoms with van der Waals surface area (Å²) in [5, 5.41) is 13.2. The van der Waals surface area contributed by atoms with Gasteiger partial charge in [-0.05, 0) is 30.5 Å². The van der Waals surface area contributed by atoms with Crippen LogP contribution in [0.4, 0.5) is 5.69 Å². The van der Waals surface area contributed by atoms with Crippen molar-refractivity contribution in [2.24, 2.45) is 5.92 Å². The predicted molar refractivity (Wildman–Crippen MR) is 92.8 cm³/mol. The number of unbranched alkanes of at least 4 members (excludes halogenated alkanes) is 1. The zero-order valence-electron chi connectivity index (χ0n) is 13.1. The lowest BCUT2D eigenvalue weighted by Gasteiger charge is -2.17. The molecule has 21 heavy (non-hydrogen) atoms. The first kappa shape index (κ1) is 18.5. The Labute approximate surface area is 137 Å². The molecular weight excluding hydrogens is 330 g/mol. The number of nitrogens with one attached hydrogen (secondary N) is 1. The molecule has 0 aliphatic heterocycles. The highest BCUT2D eigenvalue weighted by Crippen LogP contribution is 2.16. The fraction of sp³-hybridized carbons (Fsp3) is 0.647. The Kier molecular flexibility index (Phi) is 9.72. The lowest BCUT2D eigenvalue weighted by atomic mass is 10.0. The molecule has 1 aromatic carbocycles. The van der Waals surface area contributed by atoms with E-state index in [0.717, 1.165) is 23.2 Å². The monoisotopic (exact) mass is 357 g/mol. The molecule has 0 aliphatic rings. The minimum absolute atomic E-state index is 0.392. The number of aliphatic hydroxyl groups excluding tert-OH is 1. The molecule has 3 nitrogen and oxygen atoms in total. The molecule has 1 aromatic rings. The van der Waals surface area contributed by atoms with Crippen molar-refractivity contribution in [3.8, 4) is 0 Å². The standard InChI is InChI=1S/C17H28BrNO2/c1-3-5-7-14(4-2)12-21-13-17(20)11-19-16-9-6-8-15(18)10-16/h6,8-10,14,17,19-20H,3-5,7,11-13H2,1-2H3. The molecule has 0 heterocycles. The molecule has 2 unspecified atom stereocenters. The number of hydrogen-bond donors (Lipinski definition) is 2. The molecular formula is C17H28BrNO2. The normalized spacial score (nSPS) is 13.9. The van der Waals surface area contributed by atoms with Crippen LogP contribution < -0.4 is 5.32 Å². The van der Waals surface area contributed by atoms with E-state index in [4.69, 9.17) is 4.74 Å². The van der Waals surface area contributed by atoms with Gasteiger partial charge in [0.2, 0.25) is 0 Å². The second-order valence-corrected chi connectivity index (χ2v) is 6.41. The number of halogens is 1. The topological polar surface area (TPSA) is 41.5 Å². The largest absolute Gasteiger partial charge is 0.389 e. The number of ether oxygens (including phenoxy) is 1. The van der Waals surface area contributed by atoms with Crippen LogP contribution in [0.1, 0.15) is 39.5 Å². The summed E-state index contributed by atoms with van der Waals surface area (Å²) in [6, 6.07) is 7.92. The van der Waals surface area contributed by atoms with Gasteiger partial charge in [0, 0.05) is 23.3 Å². The van der Waals surface area contributed by atoms with Crippen molar-refractivity contribution in [2.45, 2.75) is 45.6 Å². The van der Waals surface area contributed by atoms with Crippen LogP contribution in [0.3, 0.4) is 0 Å². The Bertz CT molecular complexity index is 387. The van der Waals surface area contributed by atoms with Crippen LogP contribution >= 0.6 is 15.9 Å². The van der Waals surface area contributed by atoms with Gasteiger partial charge in [-0.1, -0.05) is 55.1 Å². The van der Waals surface area contributed by atoms with Gasteiger partial charge in [0.1, 0.15) is 0 Å². The molecule has 0 radical (unpaired) electrons. The fourth-order valence-electron chi connectivity index (χ4n) is 2.16. The smallest absolute Gasteiger partial charge is 0.0945 e. The van der Waals surface area contributed by atoms with E-state index in [0.29, 0.717) is 19.1 Å². The molecule has 4 heteroatoms. The van der Waals surface area contributed by atoms with Gasteiger partial charge in [0.25, 0.3) is 0 Å². The van der Waals surface area contributed by atoms with Gasteiger partial charge in [-0.25, -0.2) is 0 Å². The van der Waals surface area contributed by atoms with E-state index in [1.54, 1.807) is 0 Å². The number of hydrogen-bond acceptors (Lipinski definition) is 3. The van der Waals surface area contributed by atoms with Gasteiger partial charge in [0.15, 0.2) is 0 Å². The summed E-state index contributed by atoms with van der Waals surface area (Å²) in [7, 11) is 0. The van der Waals surface area contributed by atoms with E-state index in [-0.39, 0.29) is 0 Å². The third-order valence-electron chi connectivity index (χ3n) is 3.57. The Morgan fingerprint density at radius 3 is 2.76 bits per heavy atom. The molecule has 0 bridgehead atoms. The Balaban J connectivity index is 2.17. The van der Waals surface area contributed by atoms with E-state index in [9.17, 15) is 5.11 Å². The zero-order chi connectivity index (χ0) is 15.5. The van der Waals surface area contributed by atoms with Crippen molar-refractivity contribution >= 4 is 21.6 Å². The first-order valence-corrected chi connectivity index (χ1v) is 8.70. The fourth-order valence-corrected chi connectivity index (χ4v) is 2.56. The molecule has 120 valence electrons. The Hall–Kier alpha value is -0.580. The van der Waals surface area contributed by atoms with Crippen molar-refractivity contribution < 1.29 is 9.84 Å². The van der Waals surface area contributed by atoms with Crippen LogP contribution in [0.5, 0.6) is 0 Å². The van der Waals surface area contributed by atoms with Crippen LogP contribution in [0.15, 0.2) is 28.7 Å². The van der Waals surface area contributed by atoms with Crippen molar-refractivity contribution in [2.75, 3.05) is 25.1 Å². The van der Waals surface area contributed by atoms with Crippen molar-refractivity contribution in [3.63, 3.8) is 0 Å². The first-order valence-electron chi connectivity index (χ1n) is 7.90. The second kappa shape index (κ2) is 11.0. The lowest BCUT2D eigenvalue weighted by molar-refractivity contribution is 0.0245. The molecule has 0 fully saturated rings. The summed E-state index contributed by atoms with van der Waals surface area (Å²) in [5.41, 5.74) is 0.998. The summed E-state index contributed by atoms with van der Waals surface area (Å²) in [6.07, 6.45) is 4.38. The Morgan fingerprint density at radius 2 is 2.10 bits per heavy atom. The highest BCUT2D eigenvalue weighted by molar-refractivity contribution is 9.10. The lowest BCUT2D eigenvalue weighted by Crippen LogP contribution is -2.26. The maximum Gasteiger partial charge on any atom is 0.0945 e. The first-order chi connectivity index (χ1) is 10.2. The van der Waals surface area contributed by atoms with E-state index in [2.05, 4.69) is 35.1 Å². The summed E-state index contributed by atoms with van der Waals surface area (Å²) in [5.74, 6) is 0.621. The van der Waals surface area contributed by atoms with E-state index < -0.39 is 6.10 Å². The van der Waals surface area contributed by atoms with Crippen LogP contribution in [0.25, 0.3) is 0 Å². The van der Waals surface area contributed by atoms with Crippen LogP contribution in [0.2, 0.25) is 0 Å². The van der Waals surface area contributed by atoms with Crippen molar-refractivity contribution in [1.82, 2.24) is 0 Å². The highest BCUT2D eigenvalue weighted by atomic mass is 79.9. The van der Waals surface area contributed by atoms with Gasteiger partial charge in [-0.3, -0.25) is 0 Å². The average Bonchev–Trinajstić information content (AvgIpc) is 2.48. The molecule has 0 aliphatic carbocycles. The molecule has 2 N–H and O–H groups in total. The second-order valence-electron chi connectivity index (χ2n) is 5.50. The summed E-state index contributed by atoms with van der Waals surface area (Å²) < 4.78 is 6.69. The van der Waals surface area contributed by atoms with Crippen LogP contribution in [0, 0.1) is 5.92 Å². The van der Waals surface area contributed by atoms with Crippen LogP contribution in [-0.4, -0.2) is 31.0 Å². The third-order valence-corrected chi connectivity index (χ3v) is 4.07. The quantitative estimate of drug-likeness (QED) is 0.614. The number of benzene rings is 1. The van der Waals surface area contributed by atoms with Crippen molar-refractivity contribution in [1.29, 1.82) is 0 Å². The average molecular weight is 358 g/mol. The Morgan fingerprint density at radius 1 is 1.29 bits per heavy atom. The minimum atomic E-state index is -0.479. The van der Waals surface area contributed by atoms with Crippen molar-refractivity contribution in [3.05, 3.63) is 28.7 Å². The highest BCUT2D eigenvalue weighted by Gasteiger charge is 2.09. The molecule has 0 aromatic heterocycles. The minimum Gasteiger partial charge on any atom is -0.389 e. The molecule has 0 amide bonds. The molecule has 1 rings (SSSR count). The molecule has 2 atom stereocenters. The van der Waals surface area contributed by atoms with Gasteiger partial charge in [-0.2, -0.15) is 0 Å². The summed E-state index contributed by atoms with van der Waals surface area (Å²) in [6.45, 7) is 6.07. The van der Waals surface area contributed by atoms with Gasteiger partial charge >= 0.3 is 0 Å². The third kappa shape index (κ3) is 8.44. The van der Waals surface area contributed by atoms with Crippen LogP contribution in [-0.2, 0) is 4.74 Å².